The first-order valence-corrected chi connectivity index (χ1v) is 4.53. The van der Waals surface area contributed by atoms with Gasteiger partial charge in [-0.1, -0.05) is 0 Å². The Balaban J connectivity index is 3.18. The van der Waals surface area contributed by atoms with Crippen LogP contribution in [0.1, 0.15) is 11.3 Å². The highest BCUT2D eigenvalue weighted by Crippen LogP contribution is 2.04. The maximum atomic E-state index is 11.6. The Morgan fingerprint density at radius 3 is 2.57 bits per heavy atom. The lowest BCUT2D eigenvalue weighted by Gasteiger charge is -2.12. The third kappa shape index (κ3) is 2.11. The Morgan fingerprint density at radius 2 is 2.14 bits per heavy atom. The molecule has 5 heteroatoms. The van der Waals surface area contributed by atoms with E-state index in [1.165, 1.54) is 0 Å². The molecule has 78 valence electrons. The number of aromatic nitrogens is 2. The van der Waals surface area contributed by atoms with Crippen molar-refractivity contribution in [3.05, 3.63) is 21.6 Å². The van der Waals surface area contributed by atoms with E-state index in [1.807, 2.05) is 21.0 Å². The van der Waals surface area contributed by atoms with Gasteiger partial charge in [-0.25, -0.2) is 4.98 Å². The Labute approximate surface area is 83.0 Å². The molecule has 0 aromatic carbocycles. The standard InChI is InChI=1S/C9H16N4O/c1-6-7(4-5-10)8(14)12-9(11-6)13(2)3/h4-5,10H2,1-3H3,(H,11,12,14). The van der Waals surface area contributed by atoms with Crippen LogP contribution in [-0.4, -0.2) is 30.6 Å². The van der Waals surface area contributed by atoms with Gasteiger partial charge in [-0.2, -0.15) is 0 Å². The van der Waals surface area contributed by atoms with Gasteiger partial charge >= 0.3 is 0 Å². The first kappa shape index (κ1) is 10.7. The van der Waals surface area contributed by atoms with E-state index >= 15 is 0 Å². The molecule has 1 heterocycles. The van der Waals surface area contributed by atoms with Crippen LogP contribution in [0, 0.1) is 6.92 Å². The van der Waals surface area contributed by atoms with Gasteiger partial charge in [0.05, 0.1) is 0 Å². The predicted molar refractivity (Wildman–Crippen MR) is 56.7 cm³/mol. The summed E-state index contributed by atoms with van der Waals surface area (Å²) in [6.45, 7) is 2.29. The van der Waals surface area contributed by atoms with Gasteiger partial charge in [-0.3, -0.25) is 9.78 Å². The second kappa shape index (κ2) is 4.23. The van der Waals surface area contributed by atoms with Crippen molar-refractivity contribution in [2.75, 3.05) is 25.5 Å². The fourth-order valence-electron chi connectivity index (χ4n) is 1.25. The summed E-state index contributed by atoms with van der Waals surface area (Å²) in [5.41, 5.74) is 6.75. The number of hydrogen-bond donors (Lipinski definition) is 2. The molecule has 0 atom stereocenters. The lowest BCUT2D eigenvalue weighted by molar-refractivity contribution is 0.878. The van der Waals surface area contributed by atoms with Crippen LogP contribution in [0.2, 0.25) is 0 Å². The summed E-state index contributed by atoms with van der Waals surface area (Å²) < 4.78 is 0. The van der Waals surface area contributed by atoms with E-state index in [2.05, 4.69) is 9.97 Å². The SMILES string of the molecule is Cc1nc(N(C)C)[nH]c(=O)c1CCN. The molecule has 1 aromatic rings. The number of nitrogens with zero attached hydrogens (tertiary/aromatic N) is 2. The van der Waals surface area contributed by atoms with Crippen molar-refractivity contribution in [3.63, 3.8) is 0 Å². The molecule has 0 unspecified atom stereocenters. The summed E-state index contributed by atoms with van der Waals surface area (Å²) >= 11 is 0. The van der Waals surface area contributed by atoms with Crippen molar-refractivity contribution >= 4 is 5.95 Å². The molecule has 0 fully saturated rings. The van der Waals surface area contributed by atoms with Gasteiger partial charge in [0.2, 0.25) is 5.95 Å². The third-order valence-corrected chi connectivity index (χ3v) is 2.03. The number of nitrogens with two attached hydrogens (primary N) is 1. The number of aryl methyl sites for hydroxylation is 1. The Hall–Kier alpha value is -1.36. The molecule has 0 spiro atoms. The monoisotopic (exact) mass is 196 g/mol. The molecule has 0 saturated heterocycles. The molecule has 1 rings (SSSR count). The number of aromatic amines is 1. The van der Waals surface area contributed by atoms with Crippen molar-refractivity contribution in [2.45, 2.75) is 13.3 Å². The summed E-state index contributed by atoms with van der Waals surface area (Å²) in [6.07, 6.45) is 0.571. The summed E-state index contributed by atoms with van der Waals surface area (Å²) in [5, 5.41) is 0. The third-order valence-electron chi connectivity index (χ3n) is 2.03. The number of nitrogens with one attached hydrogen (secondary N) is 1. The first-order valence-electron chi connectivity index (χ1n) is 4.53. The van der Waals surface area contributed by atoms with E-state index in [-0.39, 0.29) is 5.56 Å². The van der Waals surface area contributed by atoms with Crippen LogP contribution >= 0.6 is 0 Å². The molecule has 0 amide bonds. The number of H-pyrrole nitrogens is 1. The van der Waals surface area contributed by atoms with Crippen LogP contribution in [0.15, 0.2) is 4.79 Å². The van der Waals surface area contributed by atoms with Crippen molar-refractivity contribution in [3.8, 4) is 0 Å². The second-order valence-corrected chi connectivity index (χ2v) is 3.39. The molecule has 0 bridgehead atoms. The van der Waals surface area contributed by atoms with Gasteiger partial charge in [-0.05, 0) is 19.9 Å². The van der Waals surface area contributed by atoms with Gasteiger partial charge < -0.3 is 10.6 Å². The fraction of sp³-hybridized carbons (Fsp3) is 0.556. The topological polar surface area (TPSA) is 75.0 Å². The predicted octanol–water partition coefficient (Wildman–Crippen LogP) is -0.354. The average Bonchev–Trinajstić information content (AvgIpc) is 2.10. The van der Waals surface area contributed by atoms with Gasteiger partial charge in [0, 0.05) is 25.4 Å². The smallest absolute Gasteiger partial charge is 0.255 e. The molecule has 0 saturated carbocycles. The fourth-order valence-corrected chi connectivity index (χ4v) is 1.25. The van der Waals surface area contributed by atoms with Crippen LogP contribution in [0.25, 0.3) is 0 Å². The molecule has 1 aromatic heterocycles. The van der Waals surface area contributed by atoms with Gasteiger partial charge in [0.15, 0.2) is 0 Å². The van der Waals surface area contributed by atoms with Crippen molar-refractivity contribution in [1.82, 2.24) is 9.97 Å². The van der Waals surface area contributed by atoms with E-state index in [4.69, 9.17) is 5.73 Å². The van der Waals surface area contributed by atoms with Crippen molar-refractivity contribution in [1.29, 1.82) is 0 Å². The maximum Gasteiger partial charge on any atom is 0.255 e. The zero-order valence-corrected chi connectivity index (χ0v) is 8.79. The van der Waals surface area contributed by atoms with Gasteiger partial charge in [0.25, 0.3) is 5.56 Å². The van der Waals surface area contributed by atoms with E-state index in [0.717, 1.165) is 5.69 Å². The Bertz CT molecular complexity index is 370. The first-order chi connectivity index (χ1) is 6.56. The van der Waals surface area contributed by atoms with E-state index in [9.17, 15) is 4.79 Å². The lowest BCUT2D eigenvalue weighted by Crippen LogP contribution is -2.24. The number of anilines is 1. The van der Waals surface area contributed by atoms with Crippen LogP contribution in [-0.2, 0) is 6.42 Å². The Morgan fingerprint density at radius 1 is 1.50 bits per heavy atom. The van der Waals surface area contributed by atoms with E-state index in [0.29, 0.717) is 24.5 Å². The molecular formula is C9H16N4O. The van der Waals surface area contributed by atoms with Crippen LogP contribution in [0.3, 0.4) is 0 Å². The van der Waals surface area contributed by atoms with Crippen LogP contribution in [0.5, 0.6) is 0 Å². The number of hydrogen-bond acceptors (Lipinski definition) is 4. The van der Waals surface area contributed by atoms with Crippen molar-refractivity contribution in [2.24, 2.45) is 5.73 Å². The highest BCUT2D eigenvalue weighted by Gasteiger charge is 2.07. The molecular weight excluding hydrogens is 180 g/mol. The second-order valence-electron chi connectivity index (χ2n) is 3.39. The summed E-state index contributed by atoms with van der Waals surface area (Å²) in [5.74, 6) is 0.577. The quantitative estimate of drug-likeness (QED) is 0.692. The summed E-state index contributed by atoms with van der Waals surface area (Å²) in [7, 11) is 3.67. The zero-order chi connectivity index (χ0) is 10.7. The van der Waals surface area contributed by atoms with E-state index < -0.39 is 0 Å². The molecule has 14 heavy (non-hydrogen) atoms. The minimum absolute atomic E-state index is 0.0911. The minimum Gasteiger partial charge on any atom is -0.348 e. The highest BCUT2D eigenvalue weighted by molar-refractivity contribution is 5.30. The Kier molecular flexibility index (Phi) is 3.24. The number of rotatable bonds is 3. The molecule has 0 aliphatic carbocycles. The molecule has 0 radical (unpaired) electrons. The summed E-state index contributed by atoms with van der Waals surface area (Å²) in [6, 6.07) is 0. The summed E-state index contributed by atoms with van der Waals surface area (Å²) in [4.78, 5) is 20.3. The molecule has 3 N–H and O–H groups in total. The average molecular weight is 196 g/mol. The normalized spacial score (nSPS) is 10.3. The highest BCUT2D eigenvalue weighted by atomic mass is 16.1. The molecule has 5 nitrogen and oxygen atoms in total. The minimum atomic E-state index is -0.0911. The van der Waals surface area contributed by atoms with Crippen LogP contribution in [0.4, 0.5) is 5.95 Å². The van der Waals surface area contributed by atoms with E-state index in [1.54, 1.807) is 4.90 Å². The largest absolute Gasteiger partial charge is 0.348 e. The zero-order valence-electron chi connectivity index (χ0n) is 8.79. The molecule has 0 aliphatic rings. The van der Waals surface area contributed by atoms with Crippen LogP contribution < -0.4 is 16.2 Å². The van der Waals surface area contributed by atoms with Crippen molar-refractivity contribution < 1.29 is 0 Å². The lowest BCUT2D eigenvalue weighted by atomic mass is 10.2. The maximum absolute atomic E-state index is 11.6. The molecule has 0 aliphatic heterocycles. The van der Waals surface area contributed by atoms with Gasteiger partial charge in [0.1, 0.15) is 0 Å². The van der Waals surface area contributed by atoms with Gasteiger partial charge in [-0.15, -0.1) is 0 Å².